The first-order chi connectivity index (χ1) is 14.1. The van der Waals surface area contributed by atoms with Crippen molar-refractivity contribution in [2.45, 2.75) is 6.92 Å². The lowest BCUT2D eigenvalue weighted by Crippen LogP contribution is -2.20. The Bertz CT molecular complexity index is 1320. The van der Waals surface area contributed by atoms with E-state index < -0.39 is 11.5 Å². The summed E-state index contributed by atoms with van der Waals surface area (Å²) in [6.07, 6.45) is 0. The van der Waals surface area contributed by atoms with Crippen LogP contribution >= 0.6 is 11.3 Å². The molecular formula is C21H14N2O5S. The van der Waals surface area contributed by atoms with Crippen molar-refractivity contribution in [1.29, 1.82) is 0 Å². The highest BCUT2D eigenvalue weighted by Gasteiger charge is 2.19. The standard InChI is InChI=1S/C21H14N2O5S/c1-11-18(13-6-7-16-17(9-13)27-10-26-16)22-21(29-11)23-19(24)14-8-12-4-2-3-5-15(12)28-20(14)25/h2-9H,10H2,1H3,(H,22,23,24). The van der Waals surface area contributed by atoms with Crippen LogP contribution in [0.15, 0.2) is 57.7 Å². The first-order valence-electron chi connectivity index (χ1n) is 8.80. The molecule has 0 atom stereocenters. The molecule has 1 aliphatic rings. The number of nitrogens with zero attached hydrogens (tertiary/aromatic N) is 1. The predicted molar refractivity (Wildman–Crippen MR) is 109 cm³/mol. The molecule has 2 aromatic heterocycles. The van der Waals surface area contributed by atoms with Crippen molar-refractivity contribution in [3.63, 3.8) is 0 Å². The number of rotatable bonds is 3. The summed E-state index contributed by atoms with van der Waals surface area (Å²) in [5.41, 5.74) is 1.26. The van der Waals surface area contributed by atoms with Crippen LogP contribution in [-0.2, 0) is 0 Å². The molecule has 0 spiro atoms. The third kappa shape index (κ3) is 3.13. The van der Waals surface area contributed by atoms with Crippen LogP contribution in [-0.4, -0.2) is 17.7 Å². The van der Waals surface area contributed by atoms with E-state index in [4.69, 9.17) is 13.9 Å². The van der Waals surface area contributed by atoms with Gasteiger partial charge in [0.1, 0.15) is 11.1 Å². The van der Waals surface area contributed by atoms with Crippen molar-refractivity contribution in [2.75, 3.05) is 12.1 Å². The number of thiazole rings is 1. The summed E-state index contributed by atoms with van der Waals surface area (Å²) in [5.74, 6) is 0.794. The van der Waals surface area contributed by atoms with Crippen LogP contribution in [0.25, 0.3) is 22.2 Å². The van der Waals surface area contributed by atoms with Gasteiger partial charge >= 0.3 is 5.63 Å². The second-order valence-corrected chi connectivity index (χ2v) is 7.63. The lowest BCUT2D eigenvalue weighted by Gasteiger charge is -2.02. The molecule has 1 amide bonds. The summed E-state index contributed by atoms with van der Waals surface area (Å²) < 4.78 is 16.0. The highest BCUT2D eigenvalue weighted by atomic mass is 32.1. The Hall–Kier alpha value is -3.65. The van der Waals surface area contributed by atoms with Crippen LogP contribution in [0.4, 0.5) is 5.13 Å². The minimum atomic E-state index is -0.689. The molecule has 144 valence electrons. The Morgan fingerprint density at radius 1 is 1.10 bits per heavy atom. The summed E-state index contributed by atoms with van der Waals surface area (Å²) in [6.45, 7) is 2.11. The van der Waals surface area contributed by atoms with E-state index in [1.54, 1.807) is 18.2 Å². The van der Waals surface area contributed by atoms with Gasteiger partial charge in [0, 0.05) is 15.8 Å². The van der Waals surface area contributed by atoms with Crippen molar-refractivity contribution < 1.29 is 18.7 Å². The maximum Gasteiger partial charge on any atom is 0.349 e. The number of ether oxygens (including phenoxy) is 2. The molecule has 4 aromatic rings. The van der Waals surface area contributed by atoms with Gasteiger partial charge in [-0.05, 0) is 37.3 Å². The number of amides is 1. The van der Waals surface area contributed by atoms with Crippen LogP contribution in [0.2, 0.25) is 0 Å². The van der Waals surface area contributed by atoms with Gasteiger partial charge in [0.2, 0.25) is 6.79 Å². The number of para-hydroxylation sites is 1. The highest BCUT2D eigenvalue weighted by Crippen LogP contribution is 2.38. The summed E-state index contributed by atoms with van der Waals surface area (Å²) in [4.78, 5) is 30.3. The maximum absolute atomic E-state index is 12.6. The van der Waals surface area contributed by atoms with Gasteiger partial charge in [0.25, 0.3) is 5.91 Å². The Morgan fingerprint density at radius 2 is 1.93 bits per heavy atom. The number of carbonyl (C=O) groups is 1. The van der Waals surface area contributed by atoms with E-state index in [0.29, 0.717) is 27.6 Å². The van der Waals surface area contributed by atoms with Crippen LogP contribution in [0, 0.1) is 6.92 Å². The van der Waals surface area contributed by atoms with Crippen LogP contribution < -0.4 is 20.4 Å². The number of nitrogens with one attached hydrogen (secondary N) is 1. The van der Waals surface area contributed by atoms with Gasteiger partial charge in [-0.25, -0.2) is 9.78 Å². The Morgan fingerprint density at radius 3 is 2.83 bits per heavy atom. The normalized spacial score (nSPS) is 12.3. The number of aryl methyl sites for hydroxylation is 1. The number of fused-ring (bicyclic) bond motifs is 2. The topological polar surface area (TPSA) is 90.7 Å². The molecule has 0 bridgehead atoms. The smallest absolute Gasteiger partial charge is 0.349 e. The third-order valence-electron chi connectivity index (χ3n) is 4.55. The highest BCUT2D eigenvalue weighted by molar-refractivity contribution is 7.16. The molecule has 0 radical (unpaired) electrons. The van der Waals surface area contributed by atoms with Gasteiger partial charge in [-0.15, -0.1) is 11.3 Å². The summed E-state index contributed by atoms with van der Waals surface area (Å²) in [7, 11) is 0. The van der Waals surface area contributed by atoms with E-state index in [0.717, 1.165) is 16.1 Å². The molecule has 0 unspecified atom stereocenters. The van der Waals surface area contributed by atoms with Gasteiger partial charge in [0.05, 0.1) is 5.69 Å². The summed E-state index contributed by atoms with van der Waals surface area (Å²) >= 11 is 1.33. The molecule has 3 heterocycles. The minimum Gasteiger partial charge on any atom is -0.454 e. The van der Waals surface area contributed by atoms with Gasteiger partial charge in [-0.3, -0.25) is 10.1 Å². The van der Waals surface area contributed by atoms with Gasteiger partial charge in [0.15, 0.2) is 16.6 Å². The summed E-state index contributed by atoms with van der Waals surface area (Å²) in [6, 6.07) is 14.1. The quantitative estimate of drug-likeness (QED) is 0.513. The molecule has 2 aromatic carbocycles. The molecule has 1 aliphatic heterocycles. The second-order valence-electron chi connectivity index (χ2n) is 6.43. The zero-order valence-corrected chi connectivity index (χ0v) is 16.0. The molecule has 0 saturated carbocycles. The van der Waals surface area contributed by atoms with Crippen molar-refractivity contribution >= 4 is 33.3 Å². The minimum absolute atomic E-state index is 0.0683. The lowest BCUT2D eigenvalue weighted by atomic mass is 10.1. The Balaban J connectivity index is 1.44. The fourth-order valence-corrected chi connectivity index (χ4v) is 3.98. The molecule has 0 saturated heterocycles. The molecule has 0 aliphatic carbocycles. The van der Waals surface area contributed by atoms with Gasteiger partial charge in [-0.1, -0.05) is 18.2 Å². The average Bonchev–Trinajstić information content (AvgIpc) is 3.32. The lowest BCUT2D eigenvalue weighted by molar-refractivity contribution is 0.102. The van der Waals surface area contributed by atoms with Crippen LogP contribution in [0.3, 0.4) is 0 Å². The van der Waals surface area contributed by atoms with E-state index in [-0.39, 0.29) is 12.4 Å². The number of benzene rings is 2. The maximum atomic E-state index is 12.6. The van der Waals surface area contributed by atoms with Crippen molar-refractivity contribution in [3.05, 3.63) is 69.4 Å². The molecule has 5 rings (SSSR count). The second kappa shape index (κ2) is 6.75. The first kappa shape index (κ1) is 17.4. The number of carbonyl (C=O) groups excluding carboxylic acids is 1. The third-order valence-corrected chi connectivity index (χ3v) is 5.44. The van der Waals surface area contributed by atoms with Crippen LogP contribution in [0.5, 0.6) is 11.5 Å². The zero-order chi connectivity index (χ0) is 20.0. The van der Waals surface area contributed by atoms with Crippen molar-refractivity contribution in [1.82, 2.24) is 4.98 Å². The number of anilines is 1. The average molecular weight is 406 g/mol. The predicted octanol–water partition coefficient (Wildman–Crippen LogP) is 4.21. The number of hydrogen-bond donors (Lipinski definition) is 1. The largest absolute Gasteiger partial charge is 0.454 e. The number of hydrogen-bond acceptors (Lipinski definition) is 7. The monoisotopic (exact) mass is 406 g/mol. The van der Waals surface area contributed by atoms with E-state index >= 15 is 0 Å². The van der Waals surface area contributed by atoms with Crippen molar-refractivity contribution in [3.8, 4) is 22.8 Å². The SMILES string of the molecule is Cc1sc(NC(=O)c2cc3ccccc3oc2=O)nc1-c1ccc2c(c1)OCO2. The summed E-state index contributed by atoms with van der Waals surface area (Å²) in [5, 5.41) is 3.77. The molecule has 29 heavy (non-hydrogen) atoms. The van der Waals surface area contributed by atoms with Gasteiger partial charge in [-0.2, -0.15) is 0 Å². The van der Waals surface area contributed by atoms with E-state index in [2.05, 4.69) is 10.3 Å². The molecule has 8 heteroatoms. The molecular weight excluding hydrogens is 392 g/mol. The van der Waals surface area contributed by atoms with E-state index in [1.807, 2.05) is 31.2 Å². The Labute approximate surface area is 168 Å². The molecule has 1 N–H and O–H groups in total. The van der Waals surface area contributed by atoms with Crippen LogP contribution in [0.1, 0.15) is 15.2 Å². The fourth-order valence-electron chi connectivity index (χ4n) is 3.15. The molecule has 0 fully saturated rings. The zero-order valence-electron chi connectivity index (χ0n) is 15.2. The van der Waals surface area contributed by atoms with Gasteiger partial charge < -0.3 is 13.9 Å². The molecule has 7 nitrogen and oxygen atoms in total. The number of aromatic nitrogens is 1. The Kier molecular flexibility index (Phi) is 4.06. The van der Waals surface area contributed by atoms with E-state index in [1.165, 1.54) is 17.4 Å². The first-order valence-corrected chi connectivity index (χ1v) is 9.62. The fraction of sp³-hybridized carbons (Fsp3) is 0.0952. The van der Waals surface area contributed by atoms with Crippen molar-refractivity contribution in [2.24, 2.45) is 0 Å². The van der Waals surface area contributed by atoms with E-state index in [9.17, 15) is 9.59 Å².